The lowest BCUT2D eigenvalue weighted by Crippen LogP contribution is -2.45. The van der Waals surface area contributed by atoms with E-state index in [1.54, 1.807) is 51.4 Å². The van der Waals surface area contributed by atoms with Gasteiger partial charge in [-0.25, -0.2) is 0 Å². The summed E-state index contributed by atoms with van der Waals surface area (Å²) in [6.07, 6.45) is 1.49. The zero-order valence-corrected chi connectivity index (χ0v) is 25.0. The van der Waals surface area contributed by atoms with Crippen molar-refractivity contribution in [2.45, 2.75) is 31.5 Å². The second-order valence-electron chi connectivity index (χ2n) is 10.4. The van der Waals surface area contributed by atoms with E-state index in [0.717, 1.165) is 0 Å². The van der Waals surface area contributed by atoms with Gasteiger partial charge in [-0.1, -0.05) is 12.1 Å². The Hall–Kier alpha value is -4.78. The highest BCUT2D eigenvalue weighted by atomic mass is 19.3. The number of ether oxygens (including phenoxy) is 3. The molecule has 0 bridgehead atoms. The number of hydrogen-bond acceptors (Lipinski definition) is 7. The first-order chi connectivity index (χ1) is 21.0. The van der Waals surface area contributed by atoms with E-state index in [2.05, 4.69) is 10.1 Å². The van der Waals surface area contributed by atoms with Gasteiger partial charge in [0.15, 0.2) is 0 Å². The lowest BCUT2D eigenvalue weighted by atomic mass is 9.93. The standard InChI is InChI=1S/C31H34F2N4O7/c1-18-14-15-36(24(17-42-4)28(39)35(2)3)30(41)26(18)37-16-23(19-6-10-21(43-5)11-7-19)25(29(37)40)34-27(38)20-8-12-22(13-9-20)44-31(32)33/h6-15,23-25,31H,16-17H2,1-5H3,(H,34,38)/t23-,24?,25-/m0/s1. The fourth-order valence-electron chi connectivity index (χ4n) is 5.19. The molecular weight excluding hydrogens is 578 g/mol. The Morgan fingerprint density at radius 2 is 1.64 bits per heavy atom. The molecule has 11 nitrogen and oxygen atoms in total. The van der Waals surface area contributed by atoms with Gasteiger partial charge in [0.2, 0.25) is 11.8 Å². The number of aryl methyl sites for hydroxylation is 1. The molecule has 1 aromatic heterocycles. The second kappa shape index (κ2) is 13.7. The fraction of sp³-hybridized carbons (Fsp3) is 0.355. The number of alkyl halides is 2. The van der Waals surface area contributed by atoms with Crippen LogP contribution in [-0.2, 0) is 14.3 Å². The van der Waals surface area contributed by atoms with Crippen molar-refractivity contribution in [3.8, 4) is 11.5 Å². The van der Waals surface area contributed by atoms with Crippen LogP contribution in [0.4, 0.5) is 14.5 Å². The van der Waals surface area contributed by atoms with E-state index in [1.165, 1.54) is 59.0 Å². The van der Waals surface area contributed by atoms with Gasteiger partial charge in [-0.15, -0.1) is 0 Å². The number of methoxy groups -OCH3 is 2. The van der Waals surface area contributed by atoms with Crippen LogP contribution in [0.25, 0.3) is 0 Å². The van der Waals surface area contributed by atoms with Crippen LogP contribution in [0.2, 0.25) is 0 Å². The first kappa shape index (κ1) is 32.1. The molecule has 1 aliphatic rings. The van der Waals surface area contributed by atoms with Gasteiger partial charge < -0.3 is 29.3 Å². The first-order valence-electron chi connectivity index (χ1n) is 13.7. The van der Waals surface area contributed by atoms with Crippen molar-refractivity contribution in [2.75, 3.05) is 46.4 Å². The van der Waals surface area contributed by atoms with Crippen LogP contribution < -0.4 is 25.2 Å². The van der Waals surface area contributed by atoms with Gasteiger partial charge in [0.25, 0.3) is 11.5 Å². The molecule has 2 heterocycles. The van der Waals surface area contributed by atoms with Gasteiger partial charge in [-0.3, -0.25) is 23.7 Å². The first-order valence-corrected chi connectivity index (χ1v) is 13.7. The Morgan fingerprint density at radius 3 is 2.20 bits per heavy atom. The zero-order valence-electron chi connectivity index (χ0n) is 25.0. The number of pyridine rings is 1. The minimum atomic E-state index is -3.01. The molecule has 0 spiro atoms. The van der Waals surface area contributed by atoms with Crippen LogP contribution >= 0.6 is 0 Å². The van der Waals surface area contributed by atoms with Gasteiger partial charge in [0.05, 0.1) is 13.7 Å². The number of carbonyl (C=O) groups excluding carboxylic acids is 3. The van der Waals surface area contributed by atoms with Crippen LogP contribution in [0.3, 0.4) is 0 Å². The highest BCUT2D eigenvalue weighted by Gasteiger charge is 2.44. The number of halogens is 2. The number of amides is 3. The van der Waals surface area contributed by atoms with Crippen molar-refractivity contribution in [3.05, 3.63) is 87.8 Å². The molecule has 13 heteroatoms. The Kier molecular flexibility index (Phi) is 9.99. The average Bonchev–Trinajstić information content (AvgIpc) is 3.31. The van der Waals surface area contributed by atoms with E-state index in [9.17, 15) is 28.0 Å². The highest BCUT2D eigenvalue weighted by Crippen LogP contribution is 2.34. The molecule has 1 unspecified atom stereocenters. The Bertz CT molecular complexity index is 1560. The highest BCUT2D eigenvalue weighted by molar-refractivity contribution is 6.05. The molecule has 44 heavy (non-hydrogen) atoms. The average molecular weight is 613 g/mol. The molecule has 0 radical (unpaired) electrons. The van der Waals surface area contributed by atoms with E-state index in [4.69, 9.17) is 9.47 Å². The summed E-state index contributed by atoms with van der Waals surface area (Å²) in [6, 6.07) is 11.7. The molecule has 2 aromatic carbocycles. The Labute approximate surface area is 252 Å². The summed E-state index contributed by atoms with van der Waals surface area (Å²) in [7, 11) is 6.09. The number of nitrogens with one attached hydrogen (secondary N) is 1. The summed E-state index contributed by atoms with van der Waals surface area (Å²) in [5.41, 5.74) is 0.846. The van der Waals surface area contributed by atoms with Crippen LogP contribution in [0, 0.1) is 6.92 Å². The summed E-state index contributed by atoms with van der Waals surface area (Å²) in [4.78, 5) is 56.9. The molecule has 3 atom stereocenters. The molecule has 1 aliphatic heterocycles. The van der Waals surface area contributed by atoms with Crippen LogP contribution in [0.15, 0.2) is 65.6 Å². The lowest BCUT2D eigenvalue weighted by Gasteiger charge is -2.25. The number of nitrogens with zero attached hydrogens (tertiary/aromatic N) is 3. The minimum Gasteiger partial charge on any atom is -0.497 e. The maximum absolute atomic E-state index is 14.0. The van der Waals surface area contributed by atoms with Gasteiger partial charge >= 0.3 is 6.61 Å². The van der Waals surface area contributed by atoms with Gasteiger partial charge in [0.1, 0.15) is 29.3 Å². The summed E-state index contributed by atoms with van der Waals surface area (Å²) >= 11 is 0. The molecule has 234 valence electrons. The lowest BCUT2D eigenvalue weighted by molar-refractivity contribution is -0.133. The number of rotatable bonds is 11. The van der Waals surface area contributed by atoms with Crippen LogP contribution in [0.5, 0.6) is 11.5 Å². The molecule has 1 saturated heterocycles. The monoisotopic (exact) mass is 612 g/mol. The third-order valence-electron chi connectivity index (χ3n) is 7.44. The van der Waals surface area contributed by atoms with E-state index < -0.39 is 42.0 Å². The fourth-order valence-corrected chi connectivity index (χ4v) is 5.19. The number of likely N-dealkylation sites (N-methyl/N-ethyl adjacent to an activating group) is 1. The van der Waals surface area contributed by atoms with Crippen molar-refractivity contribution in [3.63, 3.8) is 0 Å². The Balaban J connectivity index is 1.73. The molecular formula is C31H34F2N4O7. The predicted octanol–water partition coefficient (Wildman–Crippen LogP) is 2.97. The van der Waals surface area contributed by atoms with E-state index >= 15 is 0 Å². The Morgan fingerprint density at radius 1 is 1.00 bits per heavy atom. The van der Waals surface area contributed by atoms with Crippen molar-refractivity contribution in [2.24, 2.45) is 0 Å². The van der Waals surface area contributed by atoms with Crippen molar-refractivity contribution in [1.29, 1.82) is 0 Å². The van der Waals surface area contributed by atoms with E-state index in [1.807, 2.05) is 0 Å². The summed E-state index contributed by atoms with van der Waals surface area (Å²) in [6.45, 7) is -1.35. The van der Waals surface area contributed by atoms with E-state index in [-0.39, 0.29) is 36.1 Å². The number of benzene rings is 2. The molecule has 1 N–H and O–H groups in total. The van der Waals surface area contributed by atoms with Crippen molar-refractivity contribution in [1.82, 2.24) is 14.8 Å². The summed E-state index contributed by atoms with van der Waals surface area (Å²) < 4.78 is 41.2. The summed E-state index contributed by atoms with van der Waals surface area (Å²) in [5, 5.41) is 2.77. The summed E-state index contributed by atoms with van der Waals surface area (Å²) in [5.74, 6) is -1.61. The largest absolute Gasteiger partial charge is 0.497 e. The topological polar surface area (TPSA) is 119 Å². The third kappa shape index (κ3) is 6.72. The molecule has 3 amide bonds. The predicted molar refractivity (Wildman–Crippen MR) is 157 cm³/mol. The maximum atomic E-state index is 14.0. The number of aromatic nitrogens is 1. The van der Waals surface area contributed by atoms with Crippen LogP contribution in [0.1, 0.15) is 33.4 Å². The smallest absolute Gasteiger partial charge is 0.387 e. The van der Waals surface area contributed by atoms with E-state index in [0.29, 0.717) is 16.9 Å². The van der Waals surface area contributed by atoms with Gasteiger partial charge in [-0.05, 0) is 60.5 Å². The molecule has 3 aromatic rings. The maximum Gasteiger partial charge on any atom is 0.387 e. The number of anilines is 1. The molecule has 0 aliphatic carbocycles. The van der Waals surface area contributed by atoms with Gasteiger partial charge in [0, 0.05) is 45.4 Å². The molecule has 4 rings (SSSR count). The minimum absolute atomic E-state index is 0.0495. The van der Waals surface area contributed by atoms with Crippen molar-refractivity contribution < 1.29 is 37.4 Å². The molecule has 1 fully saturated rings. The quantitative estimate of drug-likeness (QED) is 0.354. The second-order valence-corrected chi connectivity index (χ2v) is 10.4. The number of carbonyl (C=O) groups is 3. The SMILES string of the molecule is COCC(C(=O)N(C)C)n1ccc(C)c(N2C[C@@H](c3ccc(OC)cc3)[C@H](NC(=O)c3ccc(OC(F)F)cc3)C2=O)c1=O. The van der Waals surface area contributed by atoms with Crippen LogP contribution in [-0.4, -0.2) is 81.3 Å². The number of hydrogen-bond donors (Lipinski definition) is 1. The normalized spacial score (nSPS) is 17.0. The van der Waals surface area contributed by atoms with Crippen molar-refractivity contribution >= 4 is 23.4 Å². The third-order valence-corrected chi connectivity index (χ3v) is 7.44. The zero-order chi connectivity index (χ0) is 32.1. The molecule has 0 saturated carbocycles. The van der Waals surface area contributed by atoms with Gasteiger partial charge in [-0.2, -0.15) is 8.78 Å².